The molecule has 0 saturated heterocycles. The van der Waals surface area contributed by atoms with Crippen LogP contribution in [0.2, 0.25) is 0 Å². The van der Waals surface area contributed by atoms with E-state index < -0.39 is 72.6 Å². The van der Waals surface area contributed by atoms with Gasteiger partial charge in [0.1, 0.15) is 18.1 Å². The lowest BCUT2D eigenvalue weighted by Crippen LogP contribution is -2.57. The molecule has 0 aromatic carbocycles. The van der Waals surface area contributed by atoms with Crippen LogP contribution in [0.15, 0.2) is 12.5 Å². The third kappa shape index (κ3) is 9.77. The summed E-state index contributed by atoms with van der Waals surface area (Å²) in [7, 11) is 0. The second kappa shape index (κ2) is 12.7. The Morgan fingerprint density at radius 1 is 0.939 bits per heavy atom. The summed E-state index contributed by atoms with van der Waals surface area (Å²) in [5.74, 6) is -6.96. The second-order valence-corrected chi connectivity index (χ2v) is 7.12. The molecule has 1 heterocycles. The van der Waals surface area contributed by atoms with Gasteiger partial charge in [-0.15, -0.1) is 0 Å². The van der Waals surface area contributed by atoms with E-state index in [0.29, 0.717) is 5.69 Å². The zero-order chi connectivity index (χ0) is 25.1. The normalized spacial score (nSPS) is 14.2. The van der Waals surface area contributed by atoms with Gasteiger partial charge in [0, 0.05) is 24.7 Å². The maximum atomic E-state index is 12.8. The number of nitrogens with two attached hydrogens (primary N) is 1. The summed E-state index contributed by atoms with van der Waals surface area (Å²) in [5, 5.41) is 33.6. The minimum absolute atomic E-state index is 0.191. The molecule has 0 saturated carbocycles. The molecule has 1 rings (SSSR count). The Morgan fingerprint density at radius 2 is 1.52 bits per heavy atom. The van der Waals surface area contributed by atoms with Gasteiger partial charge < -0.3 is 42.0 Å². The zero-order valence-corrected chi connectivity index (χ0v) is 17.6. The SMILES string of the molecule is CC(N)C(=O)NC(CCC(=O)O)C(=O)NC(Cc1cnc[nH]1)C(=O)NC(CC(=O)O)C(=O)O. The lowest BCUT2D eigenvalue weighted by molar-refractivity contribution is -0.147. The molecular weight excluding hydrogens is 444 g/mol. The molecule has 0 fully saturated rings. The molecule has 9 N–H and O–H groups in total. The fourth-order valence-corrected chi connectivity index (χ4v) is 2.58. The molecule has 3 amide bonds. The molecule has 4 unspecified atom stereocenters. The number of hydrogen-bond acceptors (Lipinski definition) is 8. The van der Waals surface area contributed by atoms with Crippen molar-refractivity contribution in [2.24, 2.45) is 5.73 Å². The van der Waals surface area contributed by atoms with Crippen LogP contribution in [0.5, 0.6) is 0 Å². The Labute approximate surface area is 187 Å². The Bertz CT molecular complexity index is 871. The van der Waals surface area contributed by atoms with Crippen molar-refractivity contribution >= 4 is 35.6 Å². The van der Waals surface area contributed by atoms with E-state index in [4.69, 9.17) is 21.1 Å². The number of aromatic amines is 1. The van der Waals surface area contributed by atoms with Crippen LogP contribution in [-0.2, 0) is 35.2 Å². The van der Waals surface area contributed by atoms with Gasteiger partial charge in [-0.2, -0.15) is 0 Å². The van der Waals surface area contributed by atoms with Gasteiger partial charge in [0.25, 0.3) is 0 Å². The quantitative estimate of drug-likeness (QED) is 0.137. The van der Waals surface area contributed by atoms with E-state index in [0.717, 1.165) is 0 Å². The summed E-state index contributed by atoms with van der Waals surface area (Å²) in [6.45, 7) is 1.35. The third-order valence-electron chi connectivity index (χ3n) is 4.30. The average molecular weight is 470 g/mol. The van der Waals surface area contributed by atoms with Gasteiger partial charge in [0.2, 0.25) is 17.7 Å². The van der Waals surface area contributed by atoms with Crippen molar-refractivity contribution < 1.29 is 44.1 Å². The Hall–Kier alpha value is -4.01. The first-order valence-corrected chi connectivity index (χ1v) is 9.71. The van der Waals surface area contributed by atoms with Gasteiger partial charge in [-0.05, 0) is 13.3 Å². The molecule has 0 aliphatic heterocycles. The van der Waals surface area contributed by atoms with Crippen molar-refractivity contribution in [3.63, 3.8) is 0 Å². The number of carbonyl (C=O) groups excluding carboxylic acids is 3. The van der Waals surface area contributed by atoms with Gasteiger partial charge in [-0.3, -0.25) is 24.0 Å². The number of nitrogens with zero attached hydrogens (tertiary/aromatic N) is 1. The molecule has 182 valence electrons. The predicted octanol–water partition coefficient (Wildman–Crippen LogP) is -2.82. The number of H-pyrrole nitrogens is 1. The topological polar surface area (TPSA) is 254 Å². The number of aliphatic carboxylic acids is 3. The van der Waals surface area contributed by atoms with Crippen LogP contribution >= 0.6 is 0 Å². The number of carboxylic acids is 3. The van der Waals surface area contributed by atoms with Gasteiger partial charge in [-0.1, -0.05) is 0 Å². The highest BCUT2D eigenvalue weighted by molar-refractivity contribution is 5.94. The summed E-state index contributed by atoms with van der Waals surface area (Å²) < 4.78 is 0. The number of carbonyl (C=O) groups is 6. The second-order valence-electron chi connectivity index (χ2n) is 7.12. The maximum Gasteiger partial charge on any atom is 0.326 e. The van der Waals surface area contributed by atoms with Crippen LogP contribution in [0.1, 0.15) is 31.9 Å². The molecule has 15 heteroatoms. The van der Waals surface area contributed by atoms with E-state index in [1.54, 1.807) is 0 Å². The summed E-state index contributed by atoms with van der Waals surface area (Å²) in [4.78, 5) is 77.0. The van der Waals surface area contributed by atoms with Crippen LogP contribution in [-0.4, -0.2) is 85.1 Å². The molecule has 1 aromatic rings. The molecule has 1 aromatic heterocycles. The fourth-order valence-electron chi connectivity index (χ4n) is 2.58. The highest BCUT2D eigenvalue weighted by Crippen LogP contribution is 2.05. The van der Waals surface area contributed by atoms with E-state index in [9.17, 15) is 28.8 Å². The molecule has 0 aliphatic carbocycles. The summed E-state index contributed by atoms with van der Waals surface area (Å²) in [5.41, 5.74) is 5.84. The monoisotopic (exact) mass is 470 g/mol. The van der Waals surface area contributed by atoms with Crippen molar-refractivity contribution in [3.8, 4) is 0 Å². The van der Waals surface area contributed by atoms with Gasteiger partial charge >= 0.3 is 17.9 Å². The number of imidazole rings is 1. The van der Waals surface area contributed by atoms with Crippen molar-refractivity contribution in [1.82, 2.24) is 25.9 Å². The number of hydrogen-bond donors (Lipinski definition) is 8. The third-order valence-corrected chi connectivity index (χ3v) is 4.30. The lowest BCUT2D eigenvalue weighted by Gasteiger charge is -2.24. The average Bonchev–Trinajstić information content (AvgIpc) is 3.22. The highest BCUT2D eigenvalue weighted by Gasteiger charge is 2.31. The molecule has 4 atom stereocenters. The maximum absolute atomic E-state index is 12.8. The molecule has 0 radical (unpaired) electrons. The standard InChI is InChI=1S/C18H26N6O9/c1-8(19)15(29)22-10(2-3-13(25)26)16(30)23-11(4-9-6-20-7-21-9)17(31)24-12(18(32)33)5-14(27)28/h6-8,10-12H,2-5,19H2,1H3,(H,20,21)(H,22,29)(H,23,30)(H,24,31)(H,25,26)(H,27,28)(H,32,33). The van der Waals surface area contributed by atoms with Crippen molar-refractivity contribution in [2.75, 3.05) is 0 Å². The zero-order valence-electron chi connectivity index (χ0n) is 17.6. The predicted molar refractivity (Wildman–Crippen MR) is 108 cm³/mol. The number of nitrogens with one attached hydrogen (secondary N) is 4. The van der Waals surface area contributed by atoms with E-state index in [2.05, 4.69) is 20.6 Å². The largest absolute Gasteiger partial charge is 0.481 e. The van der Waals surface area contributed by atoms with Crippen LogP contribution in [0.4, 0.5) is 0 Å². The van der Waals surface area contributed by atoms with Crippen LogP contribution in [0.3, 0.4) is 0 Å². The Balaban J connectivity index is 3.07. The highest BCUT2D eigenvalue weighted by atomic mass is 16.4. The van der Waals surface area contributed by atoms with Crippen LogP contribution in [0.25, 0.3) is 0 Å². The summed E-state index contributed by atoms with van der Waals surface area (Å²) >= 11 is 0. The first-order chi connectivity index (χ1) is 15.4. The van der Waals surface area contributed by atoms with E-state index >= 15 is 0 Å². The van der Waals surface area contributed by atoms with E-state index in [1.807, 2.05) is 5.32 Å². The van der Waals surface area contributed by atoms with Gasteiger partial charge in [-0.25, -0.2) is 9.78 Å². The minimum atomic E-state index is -1.77. The number of rotatable bonds is 14. The van der Waals surface area contributed by atoms with Crippen molar-refractivity contribution in [2.45, 2.75) is 56.8 Å². The molecular formula is C18H26N6O9. The number of aromatic nitrogens is 2. The van der Waals surface area contributed by atoms with Crippen LogP contribution < -0.4 is 21.7 Å². The number of amides is 3. The molecule has 0 bridgehead atoms. The Kier molecular flexibility index (Phi) is 10.4. The smallest absolute Gasteiger partial charge is 0.326 e. The van der Waals surface area contributed by atoms with Gasteiger partial charge in [0.05, 0.1) is 18.8 Å². The Morgan fingerprint density at radius 3 is 2.00 bits per heavy atom. The van der Waals surface area contributed by atoms with Gasteiger partial charge in [0.15, 0.2) is 0 Å². The fraction of sp³-hybridized carbons (Fsp3) is 0.500. The molecule has 0 spiro atoms. The first kappa shape index (κ1) is 27.0. The molecule has 33 heavy (non-hydrogen) atoms. The van der Waals surface area contributed by atoms with Crippen molar-refractivity contribution in [3.05, 3.63) is 18.2 Å². The molecule has 15 nitrogen and oxygen atoms in total. The minimum Gasteiger partial charge on any atom is -0.481 e. The van der Waals surface area contributed by atoms with E-state index in [1.165, 1.54) is 19.4 Å². The lowest BCUT2D eigenvalue weighted by atomic mass is 10.1. The van der Waals surface area contributed by atoms with Crippen molar-refractivity contribution in [1.29, 1.82) is 0 Å². The summed E-state index contributed by atoms with van der Waals surface area (Å²) in [6.07, 6.45) is 0.762. The van der Waals surface area contributed by atoms with E-state index in [-0.39, 0.29) is 12.8 Å². The molecule has 0 aliphatic rings. The van der Waals surface area contributed by atoms with Crippen LogP contribution in [0, 0.1) is 0 Å². The first-order valence-electron chi connectivity index (χ1n) is 9.71. The summed E-state index contributed by atoms with van der Waals surface area (Å²) in [6, 6.07) is -5.53. The number of carboxylic acid groups (broad SMARTS) is 3.